The number of anilines is 1. The third-order valence-corrected chi connectivity index (χ3v) is 5.41. The first-order valence-electron chi connectivity index (χ1n) is 11.7. The minimum absolute atomic E-state index is 0.0291. The lowest BCUT2D eigenvalue weighted by atomic mass is 10.0. The number of carbonyl (C=O) groups is 1. The van der Waals surface area contributed by atoms with Crippen molar-refractivity contribution in [1.82, 2.24) is 24.7 Å². The molecule has 4 aromatic rings. The number of H-pyrrole nitrogens is 1. The van der Waals surface area contributed by atoms with Gasteiger partial charge in [0.15, 0.2) is 17.4 Å². The van der Waals surface area contributed by atoms with Crippen LogP contribution in [0.1, 0.15) is 29.9 Å². The average molecular weight is 555 g/mol. The van der Waals surface area contributed by atoms with Crippen LogP contribution >= 0.6 is 0 Å². The molecule has 0 aliphatic heterocycles. The number of amidine groups is 1. The second-order valence-electron chi connectivity index (χ2n) is 8.14. The van der Waals surface area contributed by atoms with Crippen molar-refractivity contribution in [3.8, 4) is 23.2 Å². The zero-order valence-electron chi connectivity index (χ0n) is 21.3. The summed E-state index contributed by atoms with van der Waals surface area (Å²) in [5, 5.41) is 15.1. The van der Waals surface area contributed by atoms with Gasteiger partial charge >= 0.3 is 11.7 Å². The lowest BCUT2D eigenvalue weighted by molar-refractivity contribution is -0.131. The quantitative estimate of drug-likeness (QED) is 0.0928. The summed E-state index contributed by atoms with van der Waals surface area (Å²) in [5.41, 5.74) is 5.22. The maximum absolute atomic E-state index is 15.8. The molecule has 5 N–H and O–H groups in total. The van der Waals surface area contributed by atoms with Crippen molar-refractivity contribution in [2.24, 2.45) is 5.73 Å². The number of benzene rings is 2. The summed E-state index contributed by atoms with van der Waals surface area (Å²) in [7, 11) is 1.35. The third kappa shape index (κ3) is 6.03. The lowest BCUT2D eigenvalue weighted by Crippen LogP contribution is -2.19. The highest BCUT2D eigenvalue weighted by Crippen LogP contribution is 2.35. The fourth-order valence-corrected chi connectivity index (χ4v) is 3.72. The minimum Gasteiger partial charge on any atom is -0.497 e. The predicted octanol–water partition coefficient (Wildman–Crippen LogP) is 2.26. The van der Waals surface area contributed by atoms with Crippen LogP contribution in [0.5, 0.6) is 17.2 Å². The molecule has 13 nitrogen and oxygen atoms in total. The van der Waals surface area contributed by atoms with Gasteiger partial charge in [-0.2, -0.15) is 0 Å². The van der Waals surface area contributed by atoms with E-state index in [1.54, 1.807) is 6.07 Å². The molecule has 0 saturated heterocycles. The standard InChI is InChI=1S/C25H24F2N8O5/c1-13(36)40-18-10-14(4-5-16(18)22(28)29)32-21(17-11-15(38-2)12-19(20(17)27)39-9-6-26)23-33-25(37)35(34-23)24-30-7-3-8-31-24/h3-5,7-8,10-12,21,32H,6,9H2,1-2H3,(H3,28,29)(H,33,34,37)/t21-/m0/s1. The first-order valence-corrected chi connectivity index (χ1v) is 11.7. The zero-order chi connectivity index (χ0) is 28.8. The molecular weight excluding hydrogens is 530 g/mol. The van der Waals surface area contributed by atoms with Gasteiger partial charge in [0.2, 0.25) is 0 Å². The smallest absolute Gasteiger partial charge is 0.350 e. The van der Waals surface area contributed by atoms with Crippen LogP contribution in [0.3, 0.4) is 0 Å². The van der Waals surface area contributed by atoms with Gasteiger partial charge in [0.1, 0.15) is 36.7 Å². The number of esters is 1. The van der Waals surface area contributed by atoms with Crippen molar-refractivity contribution < 1.29 is 27.8 Å². The molecule has 1 atom stereocenters. The number of methoxy groups -OCH3 is 1. The molecule has 208 valence electrons. The molecule has 0 fully saturated rings. The van der Waals surface area contributed by atoms with E-state index >= 15 is 4.39 Å². The molecule has 2 aromatic carbocycles. The fourth-order valence-electron chi connectivity index (χ4n) is 3.72. The van der Waals surface area contributed by atoms with E-state index in [0.717, 1.165) is 4.68 Å². The Kier molecular flexibility index (Phi) is 8.32. The Labute approximate surface area is 225 Å². The predicted molar refractivity (Wildman–Crippen MR) is 138 cm³/mol. The van der Waals surface area contributed by atoms with Crippen LogP contribution < -0.4 is 31.0 Å². The molecule has 40 heavy (non-hydrogen) atoms. The van der Waals surface area contributed by atoms with E-state index in [0.29, 0.717) is 0 Å². The molecule has 2 aromatic heterocycles. The highest BCUT2D eigenvalue weighted by Gasteiger charge is 2.27. The number of nitrogen functional groups attached to an aromatic ring is 1. The monoisotopic (exact) mass is 554 g/mol. The molecule has 2 heterocycles. The SMILES string of the molecule is COc1cc(OCCF)c(F)c([C@H](Nc2ccc(C(=N)N)c(OC(C)=O)c2)c2nn(-c3ncccn3)c(=O)[nH]2)c1. The van der Waals surface area contributed by atoms with Gasteiger partial charge in [-0.3, -0.25) is 15.2 Å². The molecule has 0 radical (unpaired) electrons. The Balaban J connectivity index is 1.88. The Hall–Kier alpha value is -5.34. The number of hydrogen-bond acceptors (Lipinski definition) is 10. The Bertz CT molecular complexity index is 1590. The number of nitrogens with two attached hydrogens (primary N) is 1. The van der Waals surface area contributed by atoms with Crippen LogP contribution in [0.2, 0.25) is 0 Å². The van der Waals surface area contributed by atoms with E-state index in [1.165, 1.54) is 56.8 Å². The molecular formula is C25H24F2N8O5. The topological polar surface area (TPSA) is 183 Å². The largest absolute Gasteiger partial charge is 0.497 e. The Morgan fingerprint density at radius 3 is 2.62 bits per heavy atom. The first kappa shape index (κ1) is 27.7. The van der Waals surface area contributed by atoms with Crippen LogP contribution in [0.15, 0.2) is 53.6 Å². The van der Waals surface area contributed by atoms with Gasteiger partial charge < -0.3 is 25.3 Å². The summed E-state index contributed by atoms with van der Waals surface area (Å²) in [4.78, 5) is 35.1. The lowest BCUT2D eigenvalue weighted by Gasteiger charge is -2.21. The number of ether oxygens (including phenoxy) is 3. The highest BCUT2D eigenvalue weighted by molar-refractivity contribution is 5.98. The zero-order valence-corrected chi connectivity index (χ0v) is 21.3. The van der Waals surface area contributed by atoms with E-state index in [-0.39, 0.29) is 51.7 Å². The van der Waals surface area contributed by atoms with Crippen molar-refractivity contribution >= 4 is 17.5 Å². The van der Waals surface area contributed by atoms with Gasteiger partial charge in [-0.05, 0) is 24.3 Å². The van der Waals surface area contributed by atoms with Gasteiger partial charge in [0, 0.05) is 42.7 Å². The van der Waals surface area contributed by atoms with Crippen molar-refractivity contribution in [2.45, 2.75) is 13.0 Å². The van der Waals surface area contributed by atoms with Gasteiger partial charge in [-0.25, -0.2) is 23.5 Å². The number of alkyl halides is 1. The second-order valence-corrected chi connectivity index (χ2v) is 8.14. The van der Waals surface area contributed by atoms with Crippen molar-refractivity contribution in [3.05, 3.63) is 82.0 Å². The summed E-state index contributed by atoms with van der Waals surface area (Å²) in [6.07, 6.45) is 2.84. The van der Waals surface area contributed by atoms with Gasteiger partial charge in [0.25, 0.3) is 5.95 Å². The average Bonchev–Trinajstić information content (AvgIpc) is 3.32. The molecule has 0 unspecified atom stereocenters. The molecule has 15 heteroatoms. The van der Waals surface area contributed by atoms with Crippen LogP contribution in [0.25, 0.3) is 5.95 Å². The van der Waals surface area contributed by atoms with Crippen molar-refractivity contribution in [1.29, 1.82) is 5.41 Å². The van der Waals surface area contributed by atoms with Crippen molar-refractivity contribution in [3.63, 3.8) is 0 Å². The van der Waals surface area contributed by atoms with Gasteiger partial charge in [-0.15, -0.1) is 9.78 Å². The normalized spacial score (nSPS) is 11.5. The minimum atomic E-state index is -1.21. The molecule has 0 aliphatic rings. The summed E-state index contributed by atoms with van der Waals surface area (Å²) < 4.78 is 45.2. The number of nitrogens with zero attached hydrogens (tertiary/aromatic N) is 4. The number of halogens is 2. The number of aromatic nitrogens is 5. The Morgan fingerprint density at radius 1 is 1.23 bits per heavy atom. The van der Waals surface area contributed by atoms with Crippen LogP contribution in [-0.2, 0) is 4.79 Å². The maximum Gasteiger partial charge on any atom is 0.350 e. The molecule has 0 saturated carbocycles. The van der Waals surface area contributed by atoms with Crippen LogP contribution in [0.4, 0.5) is 14.5 Å². The number of rotatable bonds is 11. The second kappa shape index (κ2) is 12.0. The first-order chi connectivity index (χ1) is 19.2. The van der Waals surface area contributed by atoms with E-state index in [4.69, 9.17) is 25.4 Å². The van der Waals surface area contributed by atoms with E-state index < -0.39 is 36.8 Å². The molecule has 4 rings (SSSR count). The Morgan fingerprint density at radius 2 is 1.98 bits per heavy atom. The molecule has 0 bridgehead atoms. The van der Waals surface area contributed by atoms with Crippen LogP contribution in [0, 0.1) is 11.2 Å². The summed E-state index contributed by atoms with van der Waals surface area (Å²) in [6, 6.07) is 7.26. The number of nitrogens with one attached hydrogen (secondary N) is 3. The fraction of sp³-hybridized carbons (Fsp3) is 0.200. The van der Waals surface area contributed by atoms with Crippen molar-refractivity contribution in [2.75, 3.05) is 25.7 Å². The number of aromatic amines is 1. The van der Waals surface area contributed by atoms with E-state index in [9.17, 15) is 14.0 Å². The highest BCUT2D eigenvalue weighted by atomic mass is 19.1. The van der Waals surface area contributed by atoms with E-state index in [2.05, 4.69) is 25.4 Å². The van der Waals surface area contributed by atoms with Gasteiger partial charge in [0.05, 0.1) is 12.7 Å². The van der Waals surface area contributed by atoms with E-state index in [1.807, 2.05) is 0 Å². The summed E-state index contributed by atoms with van der Waals surface area (Å²) in [5.74, 6) is -2.12. The maximum atomic E-state index is 15.8. The number of hydrogen-bond donors (Lipinski definition) is 4. The molecule has 0 aliphatic carbocycles. The van der Waals surface area contributed by atoms with Gasteiger partial charge in [-0.1, -0.05) is 0 Å². The van der Waals surface area contributed by atoms with Crippen LogP contribution in [-0.4, -0.2) is 56.9 Å². The number of carbonyl (C=O) groups excluding carboxylic acids is 1. The summed E-state index contributed by atoms with van der Waals surface area (Å²) >= 11 is 0. The molecule has 0 amide bonds. The molecule has 0 spiro atoms. The third-order valence-electron chi connectivity index (χ3n) is 5.41. The summed E-state index contributed by atoms with van der Waals surface area (Å²) in [6.45, 7) is -0.0823.